The van der Waals surface area contributed by atoms with Gasteiger partial charge in [-0.3, -0.25) is 4.79 Å². The van der Waals surface area contributed by atoms with E-state index in [0.717, 1.165) is 5.56 Å². The Morgan fingerprint density at radius 2 is 1.84 bits per heavy atom. The van der Waals surface area contributed by atoms with Crippen molar-refractivity contribution in [3.05, 3.63) is 29.8 Å². The molecule has 1 aromatic carbocycles. The van der Waals surface area contributed by atoms with E-state index in [2.05, 4.69) is 0 Å². The maximum Gasteiger partial charge on any atom is 0.335 e. The van der Waals surface area contributed by atoms with Crippen molar-refractivity contribution in [2.45, 2.75) is 58.3 Å². The third-order valence-electron chi connectivity index (χ3n) is 3.28. The maximum absolute atomic E-state index is 11.8. The first-order chi connectivity index (χ1) is 11.6. The molecule has 0 aliphatic carbocycles. The van der Waals surface area contributed by atoms with Crippen molar-refractivity contribution in [1.82, 2.24) is 0 Å². The molecule has 0 saturated heterocycles. The molecule has 6 nitrogen and oxygen atoms in total. The summed E-state index contributed by atoms with van der Waals surface area (Å²) in [7, 11) is 2.79. The minimum Gasteiger partial charge on any atom is -0.490 e. The summed E-state index contributed by atoms with van der Waals surface area (Å²) < 4.78 is 20.9. The van der Waals surface area contributed by atoms with E-state index < -0.39 is 17.7 Å². The third kappa shape index (κ3) is 8.03. The van der Waals surface area contributed by atoms with E-state index in [4.69, 9.17) is 18.9 Å². The van der Waals surface area contributed by atoms with Crippen LogP contribution in [0.1, 0.15) is 39.7 Å². The monoisotopic (exact) mass is 352 g/mol. The van der Waals surface area contributed by atoms with Crippen molar-refractivity contribution >= 4 is 11.9 Å². The van der Waals surface area contributed by atoms with Crippen molar-refractivity contribution in [2.24, 2.45) is 0 Å². The number of esters is 2. The van der Waals surface area contributed by atoms with Gasteiger partial charge in [-0.05, 0) is 45.4 Å². The van der Waals surface area contributed by atoms with E-state index in [1.165, 1.54) is 14.2 Å². The first kappa shape index (κ1) is 21.0. The van der Waals surface area contributed by atoms with E-state index in [0.29, 0.717) is 12.2 Å². The van der Waals surface area contributed by atoms with Crippen molar-refractivity contribution < 1.29 is 28.5 Å². The Morgan fingerprint density at radius 1 is 1.16 bits per heavy atom. The third-order valence-corrected chi connectivity index (χ3v) is 3.28. The second-order valence-electron chi connectivity index (χ2n) is 6.82. The summed E-state index contributed by atoms with van der Waals surface area (Å²) in [5, 5.41) is 0. The standard InChI is InChI=1S/C19H28O6/c1-13(10-17(20)25-19(2,3)4)24-15-9-7-8-14(11-15)12-16(22-5)18(21)23-6/h7-9,11,13,16H,10,12H2,1-6H3/t13?,16-/m0/s1. The lowest BCUT2D eigenvalue weighted by Gasteiger charge is -2.21. The molecule has 1 unspecified atom stereocenters. The van der Waals surface area contributed by atoms with Gasteiger partial charge in [0.1, 0.15) is 17.5 Å². The average Bonchev–Trinajstić information content (AvgIpc) is 2.50. The largest absolute Gasteiger partial charge is 0.490 e. The number of hydrogen-bond donors (Lipinski definition) is 0. The first-order valence-electron chi connectivity index (χ1n) is 8.22. The Morgan fingerprint density at radius 3 is 2.40 bits per heavy atom. The summed E-state index contributed by atoms with van der Waals surface area (Å²) in [6, 6.07) is 7.32. The summed E-state index contributed by atoms with van der Waals surface area (Å²) in [5.41, 5.74) is 0.360. The number of benzene rings is 1. The van der Waals surface area contributed by atoms with Crippen molar-refractivity contribution in [3.8, 4) is 5.75 Å². The van der Waals surface area contributed by atoms with Crippen LogP contribution in [-0.4, -0.2) is 44.0 Å². The number of ether oxygens (including phenoxy) is 4. The highest BCUT2D eigenvalue weighted by Crippen LogP contribution is 2.19. The first-order valence-corrected chi connectivity index (χ1v) is 8.22. The second-order valence-corrected chi connectivity index (χ2v) is 6.82. The fraction of sp³-hybridized carbons (Fsp3) is 0.579. The lowest BCUT2D eigenvalue weighted by atomic mass is 10.1. The second kappa shape index (κ2) is 9.42. The van der Waals surface area contributed by atoms with Crippen molar-refractivity contribution in [2.75, 3.05) is 14.2 Å². The Labute approximate surface area is 149 Å². The molecule has 0 spiro atoms. The van der Waals surface area contributed by atoms with E-state index in [1.807, 2.05) is 45.9 Å². The fourth-order valence-corrected chi connectivity index (χ4v) is 2.25. The Bertz CT molecular complexity index is 576. The highest BCUT2D eigenvalue weighted by atomic mass is 16.6. The van der Waals surface area contributed by atoms with E-state index in [1.54, 1.807) is 6.07 Å². The van der Waals surface area contributed by atoms with Crippen LogP contribution in [0.4, 0.5) is 0 Å². The zero-order valence-electron chi connectivity index (χ0n) is 15.8. The summed E-state index contributed by atoms with van der Waals surface area (Å²) in [6.45, 7) is 7.29. The van der Waals surface area contributed by atoms with Gasteiger partial charge in [0.05, 0.1) is 13.5 Å². The van der Waals surface area contributed by atoms with Gasteiger partial charge in [0, 0.05) is 13.5 Å². The van der Waals surface area contributed by atoms with Crippen LogP contribution in [0.3, 0.4) is 0 Å². The summed E-state index contributed by atoms with van der Waals surface area (Å²) in [4.78, 5) is 23.5. The van der Waals surface area contributed by atoms with Gasteiger partial charge in [0.25, 0.3) is 0 Å². The van der Waals surface area contributed by atoms with Gasteiger partial charge in [0.15, 0.2) is 6.10 Å². The van der Waals surface area contributed by atoms with Crippen LogP contribution in [-0.2, 0) is 30.2 Å². The smallest absolute Gasteiger partial charge is 0.335 e. The summed E-state index contributed by atoms with van der Waals surface area (Å²) in [5.74, 6) is -0.110. The molecule has 0 aliphatic heterocycles. The normalized spacial score (nSPS) is 13.7. The molecule has 0 aromatic heterocycles. The molecule has 1 rings (SSSR count). The minimum absolute atomic E-state index is 0.157. The lowest BCUT2D eigenvalue weighted by molar-refractivity contribution is -0.156. The number of rotatable bonds is 8. The Kier molecular flexibility index (Phi) is 7.90. The van der Waals surface area contributed by atoms with Gasteiger partial charge in [-0.1, -0.05) is 12.1 Å². The molecule has 0 fully saturated rings. The van der Waals surface area contributed by atoms with Crippen LogP contribution in [0.2, 0.25) is 0 Å². The topological polar surface area (TPSA) is 71.1 Å². The zero-order valence-corrected chi connectivity index (χ0v) is 15.8. The van der Waals surface area contributed by atoms with E-state index in [9.17, 15) is 9.59 Å². The highest BCUT2D eigenvalue weighted by molar-refractivity contribution is 5.75. The van der Waals surface area contributed by atoms with Crippen LogP contribution >= 0.6 is 0 Å². The molecular weight excluding hydrogens is 324 g/mol. The predicted octanol–water partition coefficient (Wildman–Crippen LogP) is 2.92. The molecule has 0 amide bonds. The SMILES string of the molecule is COC(=O)[C@H](Cc1cccc(OC(C)CC(=O)OC(C)(C)C)c1)OC. The fourth-order valence-electron chi connectivity index (χ4n) is 2.25. The number of hydrogen-bond acceptors (Lipinski definition) is 6. The highest BCUT2D eigenvalue weighted by Gasteiger charge is 2.21. The van der Waals surface area contributed by atoms with E-state index in [-0.39, 0.29) is 18.5 Å². The van der Waals surface area contributed by atoms with Gasteiger partial charge >= 0.3 is 11.9 Å². The molecule has 0 radical (unpaired) electrons. The molecule has 0 N–H and O–H groups in total. The summed E-state index contributed by atoms with van der Waals surface area (Å²) >= 11 is 0. The van der Waals surface area contributed by atoms with Crippen LogP contribution in [0.5, 0.6) is 5.75 Å². The quantitative estimate of drug-likeness (QED) is 0.670. The Hall–Kier alpha value is -2.08. The molecule has 25 heavy (non-hydrogen) atoms. The van der Waals surface area contributed by atoms with Crippen molar-refractivity contribution in [1.29, 1.82) is 0 Å². The van der Waals surface area contributed by atoms with Crippen LogP contribution in [0, 0.1) is 0 Å². The van der Waals surface area contributed by atoms with Crippen LogP contribution in [0.25, 0.3) is 0 Å². The predicted molar refractivity (Wildman–Crippen MR) is 93.5 cm³/mol. The molecular formula is C19H28O6. The van der Waals surface area contributed by atoms with Crippen LogP contribution in [0.15, 0.2) is 24.3 Å². The molecule has 1 aromatic rings. The molecule has 6 heteroatoms. The molecule has 0 aliphatic rings. The number of carbonyl (C=O) groups excluding carboxylic acids is 2. The average molecular weight is 352 g/mol. The Balaban J connectivity index is 2.65. The summed E-state index contributed by atoms with van der Waals surface area (Å²) in [6.07, 6.45) is -0.464. The number of carbonyl (C=O) groups is 2. The number of methoxy groups -OCH3 is 2. The molecule has 0 bridgehead atoms. The van der Waals surface area contributed by atoms with Gasteiger partial charge in [-0.25, -0.2) is 4.79 Å². The minimum atomic E-state index is -0.667. The molecule has 0 heterocycles. The zero-order chi connectivity index (χ0) is 19.0. The molecule has 2 atom stereocenters. The van der Waals surface area contributed by atoms with E-state index >= 15 is 0 Å². The lowest BCUT2D eigenvalue weighted by Crippen LogP contribution is -2.27. The van der Waals surface area contributed by atoms with Crippen LogP contribution < -0.4 is 4.74 Å². The van der Waals surface area contributed by atoms with Gasteiger partial charge < -0.3 is 18.9 Å². The van der Waals surface area contributed by atoms with Gasteiger partial charge in [0.2, 0.25) is 0 Å². The van der Waals surface area contributed by atoms with Gasteiger partial charge in [-0.15, -0.1) is 0 Å². The van der Waals surface area contributed by atoms with Gasteiger partial charge in [-0.2, -0.15) is 0 Å². The van der Waals surface area contributed by atoms with Crippen molar-refractivity contribution in [3.63, 3.8) is 0 Å². The molecule has 140 valence electrons. The maximum atomic E-state index is 11.8. The molecule has 0 saturated carbocycles.